The van der Waals surface area contributed by atoms with E-state index in [4.69, 9.17) is 4.74 Å². The highest BCUT2D eigenvalue weighted by molar-refractivity contribution is 7.80. The zero-order valence-electron chi connectivity index (χ0n) is 12.6. The van der Waals surface area contributed by atoms with Gasteiger partial charge < -0.3 is 15.4 Å². The maximum Gasteiger partial charge on any atom is 0.408 e. The van der Waals surface area contributed by atoms with E-state index in [2.05, 4.69) is 23.3 Å². The summed E-state index contributed by atoms with van der Waals surface area (Å²) in [7, 11) is 0. The molecule has 1 rings (SSSR count). The van der Waals surface area contributed by atoms with Gasteiger partial charge in [0.25, 0.3) is 0 Å². The Hall–Kier alpha value is -0.910. The van der Waals surface area contributed by atoms with Crippen molar-refractivity contribution in [3.8, 4) is 0 Å². The summed E-state index contributed by atoms with van der Waals surface area (Å²) in [6.45, 7) is 5.98. The molecule has 0 aromatic rings. The summed E-state index contributed by atoms with van der Waals surface area (Å²) in [5, 5.41) is 5.81. The Bertz CT molecular complexity index is 334. The average Bonchev–Trinajstić information content (AvgIpc) is 2.33. The molecule has 1 fully saturated rings. The topological polar surface area (TPSA) is 67.4 Å². The fraction of sp³-hybridized carbons (Fsp3) is 0.857. The number of hydrogen-bond acceptors (Lipinski definition) is 4. The smallest absolute Gasteiger partial charge is 0.408 e. The molecule has 5 nitrogen and oxygen atoms in total. The number of nitrogens with one attached hydrogen (secondary N) is 2. The second-order valence-electron chi connectivity index (χ2n) is 6.33. The van der Waals surface area contributed by atoms with Crippen molar-refractivity contribution in [3.05, 3.63) is 0 Å². The molecule has 0 aliphatic heterocycles. The zero-order chi connectivity index (χ0) is 15.2. The molecule has 20 heavy (non-hydrogen) atoms. The second kappa shape index (κ2) is 7.76. The largest absolute Gasteiger partial charge is 0.444 e. The number of hydrogen-bond donors (Lipinski definition) is 3. The van der Waals surface area contributed by atoms with E-state index in [0.29, 0.717) is 17.7 Å². The lowest BCUT2D eigenvalue weighted by molar-refractivity contribution is -0.120. The molecule has 2 amide bonds. The third kappa shape index (κ3) is 7.62. The maximum absolute atomic E-state index is 11.6. The minimum atomic E-state index is -0.566. The molecule has 1 aliphatic rings. The highest BCUT2D eigenvalue weighted by atomic mass is 32.1. The molecule has 6 heteroatoms. The lowest BCUT2D eigenvalue weighted by Crippen LogP contribution is -2.41. The molecule has 116 valence electrons. The van der Waals surface area contributed by atoms with Crippen LogP contribution in [0.5, 0.6) is 0 Å². The fourth-order valence-corrected chi connectivity index (χ4v) is 2.43. The first-order valence-electron chi connectivity index (χ1n) is 7.18. The van der Waals surface area contributed by atoms with E-state index in [0.717, 1.165) is 25.7 Å². The molecule has 0 radical (unpaired) electrons. The first kappa shape index (κ1) is 17.1. The van der Waals surface area contributed by atoms with Gasteiger partial charge in [0.2, 0.25) is 5.91 Å². The lowest BCUT2D eigenvalue weighted by Gasteiger charge is -2.25. The van der Waals surface area contributed by atoms with Crippen molar-refractivity contribution >= 4 is 24.6 Å². The van der Waals surface area contributed by atoms with E-state index in [1.807, 2.05) is 0 Å². The number of thiol groups is 1. The van der Waals surface area contributed by atoms with Gasteiger partial charge in [0.05, 0.1) is 6.54 Å². The van der Waals surface area contributed by atoms with E-state index >= 15 is 0 Å². The molecule has 0 spiro atoms. The second-order valence-corrected chi connectivity index (χ2v) is 7.06. The van der Waals surface area contributed by atoms with Crippen molar-refractivity contribution in [2.24, 2.45) is 5.92 Å². The molecule has 0 unspecified atom stereocenters. The van der Waals surface area contributed by atoms with Crippen LogP contribution in [0.25, 0.3) is 0 Å². The normalized spacial score (nSPS) is 23.0. The van der Waals surface area contributed by atoms with Crippen molar-refractivity contribution in [3.63, 3.8) is 0 Å². The van der Waals surface area contributed by atoms with Gasteiger partial charge in [-0.05, 0) is 52.4 Å². The van der Waals surface area contributed by atoms with Gasteiger partial charge in [-0.15, -0.1) is 0 Å². The van der Waals surface area contributed by atoms with Crippen LogP contribution in [-0.4, -0.2) is 35.9 Å². The van der Waals surface area contributed by atoms with Gasteiger partial charge in [0.15, 0.2) is 0 Å². The summed E-state index contributed by atoms with van der Waals surface area (Å²) in [6, 6.07) is 0. The summed E-state index contributed by atoms with van der Waals surface area (Å²) in [5.41, 5.74) is -0.550. The Kier molecular flexibility index (Phi) is 6.65. The number of carbonyl (C=O) groups excluding carboxylic acids is 2. The Labute approximate surface area is 126 Å². The summed E-state index contributed by atoms with van der Waals surface area (Å²) < 4.78 is 5.06. The number of rotatable bonds is 4. The highest BCUT2D eigenvalue weighted by Crippen LogP contribution is 2.26. The van der Waals surface area contributed by atoms with Crippen LogP contribution in [0.2, 0.25) is 0 Å². The van der Waals surface area contributed by atoms with Crippen LogP contribution in [0.3, 0.4) is 0 Å². The third-order valence-electron chi connectivity index (χ3n) is 3.20. The van der Waals surface area contributed by atoms with Crippen molar-refractivity contribution in [1.29, 1.82) is 0 Å². The van der Waals surface area contributed by atoms with Gasteiger partial charge in [0, 0.05) is 11.8 Å². The molecule has 0 saturated heterocycles. The van der Waals surface area contributed by atoms with Gasteiger partial charge in [-0.3, -0.25) is 4.79 Å². The summed E-state index contributed by atoms with van der Waals surface area (Å²) in [6.07, 6.45) is 3.87. The van der Waals surface area contributed by atoms with Crippen LogP contribution in [0.15, 0.2) is 0 Å². The van der Waals surface area contributed by atoms with Crippen LogP contribution in [0.1, 0.15) is 46.5 Å². The van der Waals surface area contributed by atoms with Gasteiger partial charge in [-0.1, -0.05) is 0 Å². The molecular weight excluding hydrogens is 276 g/mol. The maximum atomic E-state index is 11.6. The zero-order valence-corrected chi connectivity index (χ0v) is 13.5. The SMILES string of the molecule is CC(C)(C)OC(=O)NCC(=O)NCC1CCC(S)CC1. The monoisotopic (exact) mass is 302 g/mol. The van der Waals surface area contributed by atoms with E-state index in [1.54, 1.807) is 20.8 Å². The predicted molar refractivity (Wildman–Crippen MR) is 82.0 cm³/mol. The van der Waals surface area contributed by atoms with Crippen LogP contribution < -0.4 is 10.6 Å². The van der Waals surface area contributed by atoms with Crippen molar-refractivity contribution in [1.82, 2.24) is 10.6 Å². The lowest BCUT2D eigenvalue weighted by atomic mass is 9.89. The minimum absolute atomic E-state index is 0.0448. The van der Waals surface area contributed by atoms with Gasteiger partial charge in [-0.2, -0.15) is 12.6 Å². The van der Waals surface area contributed by atoms with Gasteiger partial charge in [0.1, 0.15) is 5.60 Å². The quantitative estimate of drug-likeness (QED) is 0.697. The number of amides is 2. The van der Waals surface area contributed by atoms with Gasteiger partial charge >= 0.3 is 6.09 Å². The third-order valence-corrected chi connectivity index (χ3v) is 3.71. The molecule has 0 aromatic heterocycles. The number of alkyl carbamates (subject to hydrolysis) is 1. The van der Waals surface area contributed by atoms with Crippen LogP contribution in [0, 0.1) is 5.92 Å². The Morgan fingerprint density at radius 3 is 2.30 bits per heavy atom. The van der Waals surface area contributed by atoms with E-state index in [9.17, 15) is 9.59 Å². The average molecular weight is 302 g/mol. The Morgan fingerprint density at radius 1 is 1.15 bits per heavy atom. The molecule has 0 aromatic carbocycles. The molecule has 1 aliphatic carbocycles. The van der Waals surface area contributed by atoms with Gasteiger partial charge in [-0.25, -0.2) is 4.79 Å². The highest BCUT2D eigenvalue weighted by Gasteiger charge is 2.20. The Morgan fingerprint density at radius 2 is 1.75 bits per heavy atom. The van der Waals surface area contributed by atoms with Crippen LogP contribution in [0.4, 0.5) is 4.79 Å². The van der Waals surface area contributed by atoms with E-state index in [-0.39, 0.29) is 12.5 Å². The van der Waals surface area contributed by atoms with Crippen LogP contribution in [-0.2, 0) is 9.53 Å². The first-order valence-corrected chi connectivity index (χ1v) is 7.69. The molecule has 0 bridgehead atoms. The Balaban J connectivity index is 2.13. The molecular formula is C14H26N2O3S. The minimum Gasteiger partial charge on any atom is -0.444 e. The summed E-state index contributed by atoms with van der Waals surface area (Å²) >= 11 is 4.45. The fourth-order valence-electron chi connectivity index (χ4n) is 2.14. The number of carbonyl (C=O) groups is 2. The summed E-state index contributed by atoms with van der Waals surface area (Å²) in [4.78, 5) is 23.0. The molecule has 0 heterocycles. The molecule has 1 saturated carbocycles. The first-order chi connectivity index (χ1) is 9.26. The van der Waals surface area contributed by atoms with Crippen molar-refractivity contribution in [2.75, 3.05) is 13.1 Å². The van der Waals surface area contributed by atoms with Crippen molar-refractivity contribution in [2.45, 2.75) is 57.3 Å². The predicted octanol–water partition coefficient (Wildman–Crippen LogP) is 2.12. The molecule has 2 N–H and O–H groups in total. The van der Waals surface area contributed by atoms with Crippen LogP contribution >= 0.6 is 12.6 Å². The van der Waals surface area contributed by atoms with Crippen molar-refractivity contribution < 1.29 is 14.3 Å². The standard InChI is InChI=1S/C14H26N2O3S/c1-14(2,3)19-13(18)16-9-12(17)15-8-10-4-6-11(20)7-5-10/h10-11,20H,4-9H2,1-3H3,(H,15,17)(H,16,18). The van der Waals surface area contributed by atoms with E-state index in [1.165, 1.54) is 0 Å². The summed E-state index contributed by atoms with van der Waals surface area (Å²) in [5.74, 6) is 0.354. The molecule has 0 atom stereocenters. The number of ether oxygens (including phenoxy) is 1. The van der Waals surface area contributed by atoms with E-state index < -0.39 is 11.7 Å².